The summed E-state index contributed by atoms with van der Waals surface area (Å²) in [6, 6.07) is 21.3. The zero-order valence-corrected chi connectivity index (χ0v) is 18.0. The van der Waals surface area contributed by atoms with Crippen LogP contribution in [0.4, 0.5) is 0 Å². The topological polar surface area (TPSA) is 12.9 Å². The standard InChI is InChI=1S/C27H25NS/c1-16(2)18-8-9-20-13-24-22-6-5-7-23(25-14-19(17(3)4)10-11-28-25)27(22)29-26(24)15-21(20)12-18/h5-17H,1-4H3/i16D,17D. The SMILES string of the molecule is [2H]C(C)(C)c1ccnc(-c2cccc3c2sc2cc4cc(C([2H])(C)C)ccc4cc23)c1. The van der Waals surface area contributed by atoms with Crippen molar-refractivity contribution in [1.82, 2.24) is 4.98 Å². The van der Waals surface area contributed by atoms with Crippen molar-refractivity contribution in [2.75, 3.05) is 0 Å². The molecule has 3 aromatic carbocycles. The Morgan fingerprint density at radius 2 is 1.59 bits per heavy atom. The highest BCUT2D eigenvalue weighted by Crippen LogP contribution is 2.41. The zero-order chi connectivity index (χ0) is 22.0. The number of pyridine rings is 1. The van der Waals surface area contributed by atoms with Crippen LogP contribution in [0.2, 0.25) is 0 Å². The van der Waals surface area contributed by atoms with Gasteiger partial charge >= 0.3 is 0 Å². The molecule has 0 unspecified atom stereocenters. The van der Waals surface area contributed by atoms with Gasteiger partial charge in [0.1, 0.15) is 0 Å². The predicted molar refractivity (Wildman–Crippen MR) is 128 cm³/mol. The molecule has 0 spiro atoms. The van der Waals surface area contributed by atoms with Gasteiger partial charge in [0, 0.05) is 34.7 Å². The highest BCUT2D eigenvalue weighted by molar-refractivity contribution is 7.26. The number of rotatable bonds is 3. The molecule has 0 aliphatic carbocycles. The summed E-state index contributed by atoms with van der Waals surface area (Å²) in [7, 11) is 0. The lowest BCUT2D eigenvalue weighted by Crippen LogP contribution is -1.90. The van der Waals surface area contributed by atoms with Crippen molar-refractivity contribution in [2.45, 2.75) is 39.5 Å². The van der Waals surface area contributed by atoms with Gasteiger partial charge in [0.15, 0.2) is 0 Å². The highest BCUT2D eigenvalue weighted by atomic mass is 32.1. The van der Waals surface area contributed by atoms with Crippen LogP contribution in [0.1, 0.15) is 53.4 Å². The molecule has 0 atom stereocenters. The number of thiophene rings is 1. The molecule has 0 amide bonds. The molecule has 0 N–H and O–H groups in total. The lowest BCUT2D eigenvalue weighted by molar-refractivity contribution is 0.864. The first-order valence-electron chi connectivity index (χ1n) is 11.0. The molecule has 5 rings (SSSR count). The van der Waals surface area contributed by atoms with Gasteiger partial charge in [-0.3, -0.25) is 4.98 Å². The van der Waals surface area contributed by atoms with Gasteiger partial charge in [-0.2, -0.15) is 0 Å². The predicted octanol–water partition coefficient (Wildman–Crippen LogP) is 8.52. The molecule has 1 nitrogen and oxygen atoms in total. The van der Waals surface area contributed by atoms with Gasteiger partial charge in [-0.15, -0.1) is 11.3 Å². The maximum Gasteiger partial charge on any atom is 0.0719 e. The third-order valence-electron chi connectivity index (χ3n) is 5.65. The largest absolute Gasteiger partial charge is 0.256 e. The van der Waals surface area contributed by atoms with E-state index in [1.807, 2.05) is 46.0 Å². The van der Waals surface area contributed by atoms with Crippen LogP contribution in [-0.2, 0) is 0 Å². The highest BCUT2D eigenvalue weighted by Gasteiger charge is 2.13. The Bertz CT molecular complexity index is 1450. The van der Waals surface area contributed by atoms with Gasteiger partial charge in [0.2, 0.25) is 0 Å². The van der Waals surface area contributed by atoms with Crippen molar-refractivity contribution in [1.29, 1.82) is 0 Å². The summed E-state index contributed by atoms with van der Waals surface area (Å²) in [6.45, 7) is 7.67. The minimum absolute atomic E-state index is 0.612. The Morgan fingerprint density at radius 3 is 2.38 bits per heavy atom. The molecule has 2 heterocycles. The first kappa shape index (κ1) is 16.1. The minimum Gasteiger partial charge on any atom is -0.256 e. The van der Waals surface area contributed by atoms with Gasteiger partial charge in [-0.1, -0.05) is 64.1 Å². The van der Waals surface area contributed by atoms with E-state index < -0.39 is 11.8 Å². The van der Waals surface area contributed by atoms with Gasteiger partial charge in [-0.05, 0) is 58.0 Å². The van der Waals surface area contributed by atoms with Crippen LogP contribution >= 0.6 is 11.3 Å². The molecule has 2 heteroatoms. The fourth-order valence-electron chi connectivity index (χ4n) is 3.94. The lowest BCUT2D eigenvalue weighted by atomic mass is 9.97. The number of nitrogens with zero attached hydrogens (tertiary/aromatic N) is 1. The Labute approximate surface area is 178 Å². The number of hydrogen-bond donors (Lipinski definition) is 0. The van der Waals surface area contributed by atoms with E-state index in [1.165, 1.54) is 30.9 Å². The van der Waals surface area contributed by atoms with E-state index in [9.17, 15) is 0 Å². The maximum atomic E-state index is 8.39. The average molecular weight is 398 g/mol. The van der Waals surface area contributed by atoms with Crippen LogP contribution in [0, 0.1) is 0 Å². The van der Waals surface area contributed by atoms with E-state index in [1.54, 1.807) is 11.3 Å². The van der Waals surface area contributed by atoms with Crippen LogP contribution < -0.4 is 0 Å². The molecule has 2 aromatic heterocycles. The average Bonchev–Trinajstić information content (AvgIpc) is 3.08. The van der Waals surface area contributed by atoms with Crippen molar-refractivity contribution < 1.29 is 2.74 Å². The molecule has 0 saturated heterocycles. The second-order valence-corrected chi connectivity index (χ2v) is 9.18. The monoisotopic (exact) mass is 397 g/mol. The second kappa shape index (κ2) is 6.96. The molecule has 5 aromatic rings. The van der Waals surface area contributed by atoms with E-state index in [0.717, 1.165) is 22.4 Å². The lowest BCUT2D eigenvalue weighted by Gasteiger charge is -2.08. The van der Waals surface area contributed by atoms with E-state index in [2.05, 4.69) is 53.5 Å². The number of benzene rings is 3. The molecule has 0 aliphatic rings. The fraction of sp³-hybridized carbons (Fsp3) is 0.222. The van der Waals surface area contributed by atoms with Gasteiger partial charge in [-0.25, -0.2) is 0 Å². The fourth-order valence-corrected chi connectivity index (χ4v) is 5.20. The molecular weight excluding hydrogens is 370 g/mol. The van der Waals surface area contributed by atoms with Crippen LogP contribution in [0.5, 0.6) is 0 Å². The molecule has 0 saturated carbocycles. The summed E-state index contributed by atoms with van der Waals surface area (Å²) in [5, 5.41) is 4.86. The zero-order valence-electron chi connectivity index (χ0n) is 19.2. The third kappa shape index (κ3) is 3.12. The number of hydrogen-bond acceptors (Lipinski definition) is 2. The van der Waals surface area contributed by atoms with Gasteiger partial charge in [0.25, 0.3) is 0 Å². The first-order valence-corrected chi connectivity index (χ1v) is 10.8. The van der Waals surface area contributed by atoms with Crippen molar-refractivity contribution in [3.8, 4) is 11.3 Å². The van der Waals surface area contributed by atoms with E-state index in [-0.39, 0.29) is 0 Å². The minimum atomic E-state index is -0.660. The van der Waals surface area contributed by atoms with Crippen molar-refractivity contribution >= 4 is 42.3 Å². The maximum absolute atomic E-state index is 8.39. The Balaban J connectivity index is 1.74. The van der Waals surface area contributed by atoms with Crippen LogP contribution in [0.15, 0.2) is 66.9 Å². The third-order valence-corrected chi connectivity index (χ3v) is 6.85. The molecule has 0 fully saturated rings. The summed E-state index contributed by atoms with van der Waals surface area (Å²) in [6.07, 6.45) is 1.81. The normalized spacial score (nSPS) is 13.8. The summed E-state index contributed by atoms with van der Waals surface area (Å²) in [5.41, 5.74) is 4.02. The Morgan fingerprint density at radius 1 is 0.793 bits per heavy atom. The molecular formula is C27H25NS. The molecule has 144 valence electrons. The van der Waals surface area contributed by atoms with Crippen LogP contribution in [-0.4, -0.2) is 4.98 Å². The van der Waals surface area contributed by atoms with Crippen molar-refractivity contribution in [3.63, 3.8) is 0 Å². The number of fused-ring (bicyclic) bond motifs is 4. The summed E-state index contributed by atoms with van der Waals surface area (Å²) < 4.78 is 19.2. The Kier molecular flexibility index (Phi) is 3.87. The summed E-state index contributed by atoms with van der Waals surface area (Å²) in [5.74, 6) is -1.27. The Hall–Kier alpha value is -2.71. The molecule has 0 radical (unpaired) electrons. The van der Waals surface area contributed by atoms with E-state index in [0.29, 0.717) is 0 Å². The molecule has 0 aliphatic heterocycles. The quantitative estimate of drug-likeness (QED) is 0.297. The second-order valence-electron chi connectivity index (χ2n) is 8.12. The summed E-state index contributed by atoms with van der Waals surface area (Å²) in [4.78, 5) is 4.64. The van der Waals surface area contributed by atoms with Gasteiger partial charge in [0.05, 0.1) is 5.69 Å². The first-order chi connectivity index (χ1) is 14.6. The van der Waals surface area contributed by atoms with Crippen molar-refractivity contribution in [2.24, 2.45) is 0 Å². The molecule has 29 heavy (non-hydrogen) atoms. The van der Waals surface area contributed by atoms with E-state index in [4.69, 9.17) is 2.74 Å². The van der Waals surface area contributed by atoms with Gasteiger partial charge < -0.3 is 0 Å². The smallest absolute Gasteiger partial charge is 0.0719 e. The van der Waals surface area contributed by atoms with Crippen LogP contribution in [0.25, 0.3) is 42.2 Å². The van der Waals surface area contributed by atoms with Crippen molar-refractivity contribution in [3.05, 3.63) is 78.0 Å². The summed E-state index contributed by atoms with van der Waals surface area (Å²) >= 11 is 1.79. The van der Waals surface area contributed by atoms with Crippen LogP contribution in [0.3, 0.4) is 0 Å². The molecule has 0 bridgehead atoms. The number of aromatic nitrogens is 1. The van der Waals surface area contributed by atoms with E-state index >= 15 is 0 Å².